The van der Waals surface area contributed by atoms with Crippen molar-refractivity contribution in [1.82, 2.24) is 24.8 Å². The van der Waals surface area contributed by atoms with Crippen LogP contribution in [0.3, 0.4) is 0 Å². The van der Waals surface area contributed by atoms with E-state index in [9.17, 15) is 5.26 Å². The summed E-state index contributed by atoms with van der Waals surface area (Å²) in [6.07, 6.45) is 10.2. The number of hydrogen-bond donors (Lipinski definition) is 2. The first kappa shape index (κ1) is 19.1. The first-order valence-electron chi connectivity index (χ1n) is 9.33. The van der Waals surface area contributed by atoms with Gasteiger partial charge in [0.1, 0.15) is 11.5 Å². The van der Waals surface area contributed by atoms with Crippen molar-refractivity contribution < 1.29 is 0 Å². The normalized spacial score (nSPS) is 17.0. The fraction of sp³-hybridized carbons (Fsp3) is 0.136. The van der Waals surface area contributed by atoms with Crippen molar-refractivity contribution >= 4 is 5.71 Å². The highest BCUT2D eigenvalue weighted by molar-refractivity contribution is 6.13. The second-order valence-corrected chi connectivity index (χ2v) is 6.76. The third-order valence-electron chi connectivity index (χ3n) is 5.03. The Morgan fingerprint density at radius 1 is 1.20 bits per heavy atom. The number of rotatable bonds is 4. The fourth-order valence-electron chi connectivity index (χ4n) is 3.67. The van der Waals surface area contributed by atoms with Crippen molar-refractivity contribution in [1.29, 1.82) is 5.26 Å². The molecule has 148 valence electrons. The highest BCUT2D eigenvalue weighted by Gasteiger charge is 2.33. The van der Waals surface area contributed by atoms with Crippen LogP contribution in [0.1, 0.15) is 24.1 Å². The zero-order valence-corrected chi connectivity index (χ0v) is 16.6. The smallest absolute Gasteiger partial charge is 0.115 e. The maximum Gasteiger partial charge on any atom is 0.115 e. The average Bonchev–Trinajstić information content (AvgIpc) is 3.31. The SMILES string of the molecule is CN=C(C1=C(C)NC(N)=C(C#N)C1c1ccc(-n2ccnc2)cc1)c1cnccn1. The molecule has 1 atom stereocenters. The Balaban J connectivity index is 1.84. The van der Waals surface area contributed by atoms with E-state index < -0.39 is 0 Å². The van der Waals surface area contributed by atoms with E-state index in [2.05, 4.69) is 31.3 Å². The number of nitriles is 1. The predicted molar refractivity (Wildman–Crippen MR) is 113 cm³/mol. The zero-order chi connectivity index (χ0) is 21.1. The van der Waals surface area contributed by atoms with Gasteiger partial charge in [-0.3, -0.25) is 15.0 Å². The van der Waals surface area contributed by atoms with Gasteiger partial charge in [-0.05, 0) is 24.6 Å². The summed E-state index contributed by atoms with van der Waals surface area (Å²) in [5, 5.41) is 13.0. The Morgan fingerprint density at radius 2 is 2.00 bits per heavy atom. The van der Waals surface area contributed by atoms with Gasteiger partial charge >= 0.3 is 0 Å². The van der Waals surface area contributed by atoms with Crippen molar-refractivity contribution in [2.24, 2.45) is 10.7 Å². The van der Waals surface area contributed by atoms with Gasteiger partial charge in [-0.15, -0.1) is 0 Å². The Bertz CT molecular complexity index is 1180. The molecule has 0 bridgehead atoms. The van der Waals surface area contributed by atoms with Crippen molar-refractivity contribution in [3.8, 4) is 11.8 Å². The number of imidazole rings is 1. The number of aliphatic imine (C=N–C) groups is 1. The van der Waals surface area contributed by atoms with Gasteiger partial charge in [0.2, 0.25) is 0 Å². The molecule has 1 aliphatic heterocycles. The van der Waals surface area contributed by atoms with Gasteiger partial charge in [0, 0.05) is 48.8 Å². The molecule has 3 heterocycles. The minimum atomic E-state index is -0.381. The van der Waals surface area contributed by atoms with Gasteiger partial charge in [0.25, 0.3) is 0 Å². The molecule has 1 aliphatic rings. The minimum Gasteiger partial charge on any atom is -0.384 e. The maximum atomic E-state index is 9.90. The minimum absolute atomic E-state index is 0.344. The number of benzene rings is 1. The molecule has 8 heteroatoms. The van der Waals surface area contributed by atoms with E-state index in [-0.39, 0.29) is 5.92 Å². The first-order chi connectivity index (χ1) is 14.6. The number of hydrogen-bond acceptors (Lipinski definition) is 7. The van der Waals surface area contributed by atoms with Crippen LogP contribution in [0.4, 0.5) is 0 Å². The van der Waals surface area contributed by atoms with E-state index in [4.69, 9.17) is 5.73 Å². The Kier molecular flexibility index (Phi) is 5.09. The van der Waals surface area contributed by atoms with E-state index in [1.165, 1.54) is 0 Å². The summed E-state index contributed by atoms with van der Waals surface area (Å²) >= 11 is 0. The summed E-state index contributed by atoms with van der Waals surface area (Å²) in [4.78, 5) is 17.2. The molecule has 0 saturated carbocycles. The topological polar surface area (TPSA) is 118 Å². The molecule has 0 aliphatic carbocycles. The maximum absolute atomic E-state index is 9.90. The summed E-state index contributed by atoms with van der Waals surface area (Å²) in [7, 11) is 1.71. The van der Waals surface area contributed by atoms with Crippen LogP contribution in [-0.4, -0.2) is 32.3 Å². The molecular formula is C22H20N8. The molecule has 3 N–H and O–H groups in total. The molecule has 3 aromatic rings. The standard InChI is InChI=1S/C22H20N8/c1-14-19(21(25-2)18-12-26-7-8-28-18)20(17(11-23)22(24)29-14)15-3-5-16(6-4-15)30-10-9-27-13-30/h3-10,12-13,20,29H,24H2,1-2H3. The third-order valence-corrected chi connectivity index (χ3v) is 5.03. The largest absolute Gasteiger partial charge is 0.384 e. The Morgan fingerprint density at radius 3 is 2.60 bits per heavy atom. The number of nitrogens with zero attached hydrogens (tertiary/aromatic N) is 6. The lowest BCUT2D eigenvalue weighted by Crippen LogP contribution is -2.32. The van der Waals surface area contributed by atoms with Crippen LogP contribution in [-0.2, 0) is 0 Å². The summed E-state index contributed by atoms with van der Waals surface area (Å²) in [5.74, 6) is -0.0363. The van der Waals surface area contributed by atoms with Gasteiger partial charge in [-0.1, -0.05) is 12.1 Å². The Hall–Kier alpha value is -4.25. The highest BCUT2D eigenvalue weighted by atomic mass is 15.0. The van der Waals surface area contributed by atoms with Crippen LogP contribution in [0.5, 0.6) is 0 Å². The summed E-state index contributed by atoms with van der Waals surface area (Å²) < 4.78 is 1.92. The molecule has 0 spiro atoms. The number of nitrogens with two attached hydrogens (primary N) is 1. The average molecular weight is 396 g/mol. The molecule has 30 heavy (non-hydrogen) atoms. The van der Waals surface area contributed by atoms with Crippen molar-refractivity contribution in [3.05, 3.63) is 95.5 Å². The molecule has 0 amide bonds. The molecule has 0 fully saturated rings. The van der Waals surface area contributed by atoms with Crippen LogP contribution in [0.25, 0.3) is 5.69 Å². The van der Waals surface area contributed by atoms with Crippen molar-refractivity contribution in [3.63, 3.8) is 0 Å². The molecule has 0 radical (unpaired) electrons. The van der Waals surface area contributed by atoms with Crippen LogP contribution >= 0.6 is 0 Å². The number of nitrogens with one attached hydrogen (secondary N) is 1. The zero-order valence-electron chi connectivity index (χ0n) is 16.6. The lowest BCUT2D eigenvalue weighted by Gasteiger charge is -2.30. The van der Waals surface area contributed by atoms with Gasteiger partial charge in [-0.25, -0.2) is 4.98 Å². The summed E-state index contributed by atoms with van der Waals surface area (Å²) in [6.45, 7) is 1.92. The molecule has 1 aromatic carbocycles. The number of allylic oxidation sites excluding steroid dienone is 3. The van der Waals surface area contributed by atoms with Crippen LogP contribution in [0.2, 0.25) is 0 Å². The van der Waals surface area contributed by atoms with Crippen molar-refractivity contribution in [2.45, 2.75) is 12.8 Å². The molecule has 1 unspecified atom stereocenters. The van der Waals surface area contributed by atoms with Crippen LogP contribution in [0.15, 0.2) is 89.2 Å². The monoisotopic (exact) mass is 396 g/mol. The number of aromatic nitrogens is 4. The molecule has 4 rings (SSSR count). The predicted octanol–water partition coefficient (Wildman–Crippen LogP) is 2.44. The fourth-order valence-corrected chi connectivity index (χ4v) is 3.67. The van der Waals surface area contributed by atoms with E-state index in [1.54, 1.807) is 38.2 Å². The second-order valence-electron chi connectivity index (χ2n) is 6.76. The van der Waals surface area contributed by atoms with Gasteiger partial charge < -0.3 is 15.6 Å². The van der Waals surface area contributed by atoms with Crippen LogP contribution in [0, 0.1) is 11.3 Å². The molecular weight excluding hydrogens is 376 g/mol. The van der Waals surface area contributed by atoms with Crippen molar-refractivity contribution in [2.75, 3.05) is 7.05 Å². The van der Waals surface area contributed by atoms with Gasteiger partial charge in [0.05, 0.1) is 35.8 Å². The lowest BCUT2D eigenvalue weighted by molar-refractivity contribution is 0.807. The van der Waals surface area contributed by atoms with Gasteiger partial charge in [0.15, 0.2) is 0 Å². The molecule has 2 aromatic heterocycles. The quantitative estimate of drug-likeness (QED) is 0.654. The van der Waals surface area contributed by atoms with Gasteiger partial charge in [-0.2, -0.15) is 5.26 Å². The van der Waals surface area contributed by atoms with E-state index in [0.717, 1.165) is 22.5 Å². The van der Waals surface area contributed by atoms with E-state index >= 15 is 0 Å². The first-order valence-corrected chi connectivity index (χ1v) is 9.33. The summed E-state index contributed by atoms with van der Waals surface area (Å²) in [5.41, 5.74) is 11.5. The second kappa shape index (κ2) is 8.01. The highest BCUT2D eigenvalue weighted by Crippen LogP contribution is 2.38. The lowest BCUT2D eigenvalue weighted by atomic mass is 9.79. The van der Waals surface area contributed by atoms with E-state index in [0.29, 0.717) is 22.8 Å². The molecule has 8 nitrogen and oxygen atoms in total. The molecule has 0 saturated heterocycles. The third kappa shape index (κ3) is 3.33. The summed E-state index contributed by atoms with van der Waals surface area (Å²) in [6, 6.07) is 10.2. The van der Waals surface area contributed by atoms with E-state index in [1.807, 2.05) is 42.0 Å². The Labute approximate surface area is 174 Å². The number of dihydropyridines is 1. The van der Waals surface area contributed by atoms with Crippen LogP contribution < -0.4 is 11.1 Å².